The fourth-order valence-electron chi connectivity index (χ4n) is 4.50. The van der Waals surface area contributed by atoms with Crippen molar-refractivity contribution in [2.24, 2.45) is 5.73 Å². The van der Waals surface area contributed by atoms with Crippen LogP contribution in [-0.4, -0.2) is 34.9 Å². The summed E-state index contributed by atoms with van der Waals surface area (Å²) >= 11 is 0. The van der Waals surface area contributed by atoms with Gasteiger partial charge >= 0.3 is 11.8 Å². The number of carbonyl (C=O) groups is 2. The molecule has 0 spiro atoms. The molecule has 0 saturated heterocycles. The van der Waals surface area contributed by atoms with E-state index in [1.54, 1.807) is 17.0 Å². The van der Waals surface area contributed by atoms with Gasteiger partial charge in [0.25, 0.3) is 0 Å². The average Bonchev–Trinajstić information content (AvgIpc) is 2.83. The zero-order valence-corrected chi connectivity index (χ0v) is 21.7. The molecule has 3 N–H and O–H groups in total. The summed E-state index contributed by atoms with van der Waals surface area (Å²) < 4.78 is 0. The molecule has 194 valence electrons. The van der Waals surface area contributed by atoms with Crippen LogP contribution in [0, 0.1) is 0 Å². The second-order valence-corrected chi connectivity index (χ2v) is 9.69. The van der Waals surface area contributed by atoms with Gasteiger partial charge in [-0.15, -0.1) is 0 Å². The summed E-state index contributed by atoms with van der Waals surface area (Å²) in [5.74, 6) is -1.22. The molecular formula is C29H50N2O3. The van der Waals surface area contributed by atoms with Crippen molar-refractivity contribution in [3.8, 4) is 5.75 Å². The van der Waals surface area contributed by atoms with Crippen LogP contribution >= 0.6 is 0 Å². The maximum Gasteiger partial charge on any atom is 0.311 e. The minimum Gasteiger partial charge on any atom is -0.508 e. The van der Waals surface area contributed by atoms with Crippen molar-refractivity contribution in [2.75, 3.05) is 13.1 Å². The molecule has 5 heteroatoms. The van der Waals surface area contributed by atoms with Crippen molar-refractivity contribution in [3.05, 3.63) is 29.8 Å². The molecule has 0 bridgehead atoms. The lowest BCUT2D eigenvalue weighted by molar-refractivity contribution is -0.144. The summed E-state index contributed by atoms with van der Waals surface area (Å²) in [7, 11) is 0. The lowest BCUT2D eigenvalue weighted by Crippen LogP contribution is -2.41. The quantitative estimate of drug-likeness (QED) is 0.150. The minimum absolute atomic E-state index is 0.271. The van der Waals surface area contributed by atoms with E-state index in [2.05, 4.69) is 6.92 Å². The number of nitrogens with two attached hydrogens (primary N) is 1. The summed E-state index contributed by atoms with van der Waals surface area (Å²) in [6.45, 7) is 3.32. The van der Waals surface area contributed by atoms with Gasteiger partial charge in [0.15, 0.2) is 0 Å². The molecule has 0 fully saturated rings. The monoisotopic (exact) mass is 474 g/mol. The van der Waals surface area contributed by atoms with Crippen LogP contribution in [-0.2, 0) is 16.0 Å². The first-order valence-corrected chi connectivity index (χ1v) is 13.9. The molecule has 0 aliphatic heterocycles. The van der Waals surface area contributed by atoms with E-state index in [9.17, 15) is 14.7 Å². The maximum absolute atomic E-state index is 12.1. The van der Waals surface area contributed by atoms with Crippen molar-refractivity contribution >= 4 is 11.8 Å². The van der Waals surface area contributed by atoms with Gasteiger partial charge in [0.05, 0.1) is 0 Å². The van der Waals surface area contributed by atoms with Crippen LogP contribution in [0.25, 0.3) is 0 Å². The first kappa shape index (κ1) is 30.0. The van der Waals surface area contributed by atoms with Gasteiger partial charge in [-0.2, -0.15) is 0 Å². The number of hydrogen-bond donors (Lipinski definition) is 2. The number of phenolic OH excluding ortho intramolecular Hbond substituents is 1. The number of phenols is 1. The van der Waals surface area contributed by atoms with Crippen molar-refractivity contribution in [1.82, 2.24) is 4.90 Å². The Bertz CT molecular complexity index is 663. The number of para-hydroxylation sites is 1. The molecule has 34 heavy (non-hydrogen) atoms. The van der Waals surface area contributed by atoms with E-state index in [1.165, 1.54) is 89.9 Å². The number of aromatic hydroxyl groups is 1. The second kappa shape index (κ2) is 20.3. The number of carbonyl (C=O) groups excluding carboxylic acids is 2. The summed E-state index contributed by atoms with van der Waals surface area (Å²) in [4.78, 5) is 25.1. The van der Waals surface area contributed by atoms with Crippen molar-refractivity contribution in [1.29, 1.82) is 0 Å². The minimum atomic E-state index is -0.890. The number of hydrogen-bond acceptors (Lipinski definition) is 3. The molecule has 2 amide bonds. The van der Waals surface area contributed by atoms with E-state index >= 15 is 0 Å². The smallest absolute Gasteiger partial charge is 0.311 e. The molecule has 0 aliphatic carbocycles. The average molecular weight is 475 g/mol. The van der Waals surface area contributed by atoms with Crippen LogP contribution in [0.4, 0.5) is 0 Å². The maximum atomic E-state index is 12.1. The lowest BCUT2D eigenvalue weighted by atomic mass is 10.0. The third-order valence-corrected chi connectivity index (χ3v) is 6.65. The first-order valence-electron chi connectivity index (χ1n) is 13.9. The van der Waals surface area contributed by atoms with E-state index in [1.807, 2.05) is 12.1 Å². The Morgan fingerprint density at radius 1 is 0.706 bits per heavy atom. The Labute approximate surface area is 208 Å². The summed E-state index contributed by atoms with van der Waals surface area (Å²) in [6.07, 6.45) is 22.3. The van der Waals surface area contributed by atoms with E-state index in [0.717, 1.165) is 18.4 Å². The normalized spacial score (nSPS) is 11.0. The zero-order valence-electron chi connectivity index (χ0n) is 21.7. The highest BCUT2D eigenvalue weighted by atomic mass is 16.3. The van der Waals surface area contributed by atoms with Crippen LogP contribution in [0.3, 0.4) is 0 Å². The Hall–Kier alpha value is -2.04. The van der Waals surface area contributed by atoms with E-state index in [4.69, 9.17) is 5.73 Å². The van der Waals surface area contributed by atoms with Gasteiger partial charge in [0.1, 0.15) is 5.75 Å². The van der Waals surface area contributed by atoms with E-state index in [-0.39, 0.29) is 5.75 Å². The van der Waals surface area contributed by atoms with Crippen molar-refractivity contribution < 1.29 is 14.7 Å². The fourth-order valence-corrected chi connectivity index (χ4v) is 4.50. The summed E-state index contributed by atoms with van der Waals surface area (Å²) in [5.41, 5.74) is 6.09. The third-order valence-electron chi connectivity index (χ3n) is 6.65. The number of rotatable bonds is 21. The van der Waals surface area contributed by atoms with Gasteiger partial charge in [-0.1, -0.05) is 121 Å². The highest BCUT2D eigenvalue weighted by molar-refractivity contribution is 6.34. The number of aryl methyl sites for hydroxylation is 1. The molecule has 0 atom stereocenters. The molecule has 0 aliphatic rings. The molecule has 0 heterocycles. The van der Waals surface area contributed by atoms with Crippen LogP contribution in [0.5, 0.6) is 5.75 Å². The van der Waals surface area contributed by atoms with Gasteiger partial charge in [-0.3, -0.25) is 9.59 Å². The molecule has 0 unspecified atom stereocenters. The molecule has 0 radical (unpaired) electrons. The molecule has 0 saturated carbocycles. The largest absolute Gasteiger partial charge is 0.508 e. The number of benzene rings is 1. The molecule has 1 aromatic rings. The van der Waals surface area contributed by atoms with Gasteiger partial charge in [-0.05, 0) is 30.9 Å². The van der Waals surface area contributed by atoms with Gasteiger partial charge in [0.2, 0.25) is 0 Å². The number of unbranched alkanes of at least 4 members (excludes halogenated alkanes) is 15. The van der Waals surface area contributed by atoms with Crippen LogP contribution in [0.15, 0.2) is 24.3 Å². The lowest BCUT2D eigenvalue weighted by Gasteiger charge is -2.21. The van der Waals surface area contributed by atoms with Crippen molar-refractivity contribution in [3.63, 3.8) is 0 Å². The molecule has 5 nitrogen and oxygen atoms in total. The topological polar surface area (TPSA) is 83.6 Å². The van der Waals surface area contributed by atoms with Gasteiger partial charge in [-0.25, -0.2) is 0 Å². The van der Waals surface area contributed by atoms with Crippen LogP contribution < -0.4 is 5.73 Å². The number of nitrogens with zero attached hydrogens (tertiary/aromatic N) is 1. The highest BCUT2D eigenvalue weighted by Gasteiger charge is 2.18. The molecule has 0 aromatic heterocycles. The number of primary amides is 1. The Morgan fingerprint density at radius 2 is 1.15 bits per heavy atom. The molecular weight excluding hydrogens is 424 g/mol. The highest BCUT2D eigenvalue weighted by Crippen LogP contribution is 2.18. The Kier molecular flexibility index (Phi) is 17.9. The SMILES string of the molecule is CCCCCCCCCCCCCCCCCCN(CCCc1ccccc1O)C(=O)C(N)=O. The standard InChI is InChI=1S/C29H50N2O3/c1-2-3-4-5-6-7-8-9-10-11-12-13-14-15-16-19-24-31(29(34)28(30)33)25-20-22-26-21-17-18-23-27(26)32/h17-18,21,23,32H,2-16,19-20,22,24-25H2,1H3,(H2,30,33). The summed E-state index contributed by atoms with van der Waals surface area (Å²) in [6, 6.07) is 7.22. The summed E-state index contributed by atoms with van der Waals surface area (Å²) in [5, 5.41) is 9.88. The first-order chi connectivity index (χ1) is 16.6. The van der Waals surface area contributed by atoms with Crippen molar-refractivity contribution in [2.45, 2.75) is 122 Å². The predicted molar refractivity (Wildman–Crippen MR) is 142 cm³/mol. The van der Waals surface area contributed by atoms with Crippen LogP contribution in [0.2, 0.25) is 0 Å². The third kappa shape index (κ3) is 15.0. The van der Waals surface area contributed by atoms with Crippen LogP contribution in [0.1, 0.15) is 122 Å². The molecule has 1 aromatic carbocycles. The van der Waals surface area contributed by atoms with Gasteiger partial charge < -0.3 is 15.7 Å². The fraction of sp³-hybridized carbons (Fsp3) is 0.724. The Balaban J connectivity index is 2.04. The van der Waals surface area contributed by atoms with E-state index in [0.29, 0.717) is 25.9 Å². The number of amides is 2. The molecule has 1 rings (SSSR count). The van der Waals surface area contributed by atoms with Gasteiger partial charge in [0, 0.05) is 13.1 Å². The zero-order chi connectivity index (χ0) is 24.9. The van der Waals surface area contributed by atoms with E-state index < -0.39 is 11.8 Å². The predicted octanol–water partition coefficient (Wildman–Crippen LogP) is 6.90. The Morgan fingerprint density at radius 3 is 1.62 bits per heavy atom. The second-order valence-electron chi connectivity index (χ2n) is 9.69.